The fourth-order valence-corrected chi connectivity index (χ4v) is 1.95. The van der Waals surface area contributed by atoms with Crippen LogP contribution in [-0.4, -0.2) is 24.8 Å². The molecule has 0 saturated carbocycles. The van der Waals surface area contributed by atoms with Gasteiger partial charge < -0.3 is 10.1 Å². The van der Waals surface area contributed by atoms with Crippen molar-refractivity contribution in [2.75, 3.05) is 12.9 Å². The zero-order chi connectivity index (χ0) is 12.7. The molecule has 0 fully saturated rings. The highest BCUT2D eigenvalue weighted by Gasteiger charge is 2.05. The predicted molar refractivity (Wildman–Crippen MR) is 71.6 cm³/mol. The molecule has 0 aliphatic carbocycles. The summed E-state index contributed by atoms with van der Waals surface area (Å²) in [6.07, 6.45) is 0.957. The SMILES string of the molecule is CC[C@H](C)NC(=O)CSc1ccc(OC)cc1. The van der Waals surface area contributed by atoms with E-state index < -0.39 is 0 Å². The molecule has 1 aromatic rings. The molecule has 0 bridgehead atoms. The molecule has 0 saturated heterocycles. The molecule has 3 nitrogen and oxygen atoms in total. The van der Waals surface area contributed by atoms with Gasteiger partial charge in [0.05, 0.1) is 12.9 Å². The van der Waals surface area contributed by atoms with Crippen LogP contribution in [-0.2, 0) is 4.79 Å². The van der Waals surface area contributed by atoms with Crippen LogP contribution in [0.5, 0.6) is 5.75 Å². The summed E-state index contributed by atoms with van der Waals surface area (Å²) in [7, 11) is 1.64. The predicted octanol–water partition coefficient (Wildman–Crippen LogP) is 2.70. The van der Waals surface area contributed by atoms with E-state index in [0.717, 1.165) is 17.1 Å². The second-order valence-corrected chi connectivity index (χ2v) is 4.89. The maximum Gasteiger partial charge on any atom is 0.230 e. The van der Waals surface area contributed by atoms with Crippen LogP contribution in [0, 0.1) is 0 Å². The Morgan fingerprint density at radius 2 is 2.06 bits per heavy atom. The molecule has 1 rings (SSSR count). The Kier molecular flexibility index (Phi) is 5.91. The largest absolute Gasteiger partial charge is 0.497 e. The standard InChI is InChI=1S/C13H19NO2S/c1-4-10(2)14-13(15)9-17-12-7-5-11(16-3)6-8-12/h5-8,10H,4,9H2,1-3H3,(H,14,15)/t10-/m0/s1. The number of benzene rings is 1. The first-order valence-corrected chi connectivity index (χ1v) is 6.70. The summed E-state index contributed by atoms with van der Waals surface area (Å²) in [5.41, 5.74) is 0. The number of hydrogen-bond donors (Lipinski definition) is 1. The van der Waals surface area contributed by atoms with Gasteiger partial charge in [-0.15, -0.1) is 11.8 Å². The summed E-state index contributed by atoms with van der Waals surface area (Å²) < 4.78 is 5.07. The first-order valence-electron chi connectivity index (χ1n) is 5.72. The molecule has 17 heavy (non-hydrogen) atoms. The van der Waals surface area contributed by atoms with Crippen LogP contribution in [0.1, 0.15) is 20.3 Å². The van der Waals surface area contributed by atoms with Crippen LogP contribution in [0.2, 0.25) is 0 Å². The maximum atomic E-state index is 11.6. The zero-order valence-electron chi connectivity index (χ0n) is 10.5. The summed E-state index contributed by atoms with van der Waals surface area (Å²) in [6.45, 7) is 4.07. The van der Waals surface area contributed by atoms with Crippen LogP contribution in [0.3, 0.4) is 0 Å². The van der Waals surface area contributed by atoms with E-state index >= 15 is 0 Å². The van der Waals surface area contributed by atoms with Gasteiger partial charge in [-0.05, 0) is 37.6 Å². The van der Waals surface area contributed by atoms with Crippen molar-refractivity contribution >= 4 is 17.7 Å². The van der Waals surface area contributed by atoms with Crippen LogP contribution >= 0.6 is 11.8 Å². The molecular formula is C13H19NO2S. The molecule has 1 atom stereocenters. The van der Waals surface area contributed by atoms with Crippen molar-refractivity contribution in [3.8, 4) is 5.75 Å². The fourth-order valence-electron chi connectivity index (χ4n) is 1.24. The van der Waals surface area contributed by atoms with Gasteiger partial charge in [0, 0.05) is 10.9 Å². The molecule has 1 N–H and O–H groups in total. The van der Waals surface area contributed by atoms with Crippen molar-refractivity contribution in [2.45, 2.75) is 31.2 Å². The second-order valence-electron chi connectivity index (χ2n) is 3.84. The van der Waals surface area contributed by atoms with Gasteiger partial charge in [-0.1, -0.05) is 6.92 Å². The van der Waals surface area contributed by atoms with Crippen molar-refractivity contribution in [1.29, 1.82) is 0 Å². The number of amides is 1. The number of thioether (sulfide) groups is 1. The van der Waals surface area contributed by atoms with E-state index in [1.807, 2.05) is 31.2 Å². The number of ether oxygens (including phenoxy) is 1. The second kappa shape index (κ2) is 7.22. The first kappa shape index (κ1) is 13.9. The monoisotopic (exact) mass is 253 g/mol. The Balaban J connectivity index is 2.36. The van der Waals surface area contributed by atoms with Gasteiger partial charge in [-0.25, -0.2) is 0 Å². The lowest BCUT2D eigenvalue weighted by Gasteiger charge is -2.10. The molecule has 0 radical (unpaired) electrons. The average Bonchev–Trinajstić information content (AvgIpc) is 2.36. The van der Waals surface area contributed by atoms with E-state index in [-0.39, 0.29) is 11.9 Å². The summed E-state index contributed by atoms with van der Waals surface area (Å²) in [6, 6.07) is 7.96. The van der Waals surface area contributed by atoms with Crippen LogP contribution in [0.15, 0.2) is 29.2 Å². The molecule has 4 heteroatoms. The minimum Gasteiger partial charge on any atom is -0.497 e. The van der Waals surface area contributed by atoms with E-state index in [4.69, 9.17) is 4.74 Å². The molecular weight excluding hydrogens is 234 g/mol. The Hall–Kier alpha value is -1.16. The van der Waals surface area contributed by atoms with Gasteiger partial charge in [0.15, 0.2) is 0 Å². The average molecular weight is 253 g/mol. The van der Waals surface area contributed by atoms with Crippen molar-refractivity contribution in [3.05, 3.63) is 24.3 Å². The lowest BCUT2D eigenvalue weighted by molar-refractivity contribution is -0.119. The Morgan fingerprint density at radius 3 is 2.59 bits per heavy atom. The van der Waals surface area contributed by atoms with Gasteiger partial charge in [-0.2, -0.15) is 0 Å². The number of carbonyl (C=O) groups excluding carboxylic acids is 1. The molecule has 0 aromatic heterocycles. The summed E-state index contributed by atoms with van der Waals surface area (Å²) in [5.74, 6) is 1.37. The van der Waals surface area contributed by atoms with Crippen LogP contribution in [0.25, 0.3) is 0 Å². The Morgan fingerprint density at radius 1 is 1.41 bits per heavy atom. The third kappa shape index (κ3) is 5.13. The zero-order valence-corrected chi connectivity index (χ0v) is 11.3. The number of rotatable bonds is 6. The molecule has 94 valence electrons. The van der Waals surface area contributed by atoms with E-state index in [1.165, 1.54) is 11.8 Å². The lowest BCUT2D eigenvalue weighted by atomic mass is 10.3. The number of methoxy groups -OCH3 is 1. The fraction of sp³-hybridized carbons (Fsp3) is 0.462. The summed E-state index contributed by atoms with van der Waals surface area (Å²) in [4.78, 5) is 12.6. The summed E-state index contributed by atoms with van der Waals surface area (Å²) in [5, 5.41) is 2.94. The molecule has 0 spiro atoms. The number of nitrogens with one attached hydrogen (secondary N) is 1. The third-order valence-corrected chi connectivity index (χ3v) is 3.46. The topological polar surface area (TPSA) is 38.3 Å². The minimum absolute atomic E-state index is 0.0835. The smallest absolute Gasteiger partial charge is 0.230 e. The van der Waals surface area contributed by atoms with E-state index in [2.05, 4.69) is 12.2 Å². The number of carbonyl (C=O) groups is 1. The van der Waals surface area contributed by atoms with Crippen molar-refractivity contribution < 1.29 is 9.53 Å². The molecule has 1 amide bonds. The van der Waals surface area contributed by atoms with E-state index in [0.29, 0.717) is 5.75 Å². The highest BCUT2D eigenvalue weighted by atomic mass is 32.2. The quantitative estimate of drug-likeness (QED) is 0.792. The van der Waals surface area contributed by atoms with Crippen molar-refractivity contribution in [2.24, 2.45) is 0 Å². The normalized spacial score (nSPS) is 11.9. The van der Waals surface area contributed by atoms with Gasteiger partial charge in [0.1, 0.15) is 5.75 Å². The van der Waals surface area contributed by atoms with Gasteiger partial charge in [0.25, 0.3) is 0 Å². The van der Waals surface area contributed by atoms with E-state index in [1.54, 1.807) is 7.11 Å². The van der Waals surface area contributed by atoms with Gasteiger partial charge in [0.2, 0.25) is 5.91 Å². The highest BCUT2D eigenvalue weighted by Crippen LogP contribution is 2.20. The lowest BCUT2D eigenvalue weighted by Crippen LogP contribution is -2.33. The highest BCUT2D eigenvalue weighted by molar-refractivity contribution is 8.00. The molecule has 0 aliphatic heterocycles. The third-order valence-electron chi connectivity index (χ3n) is 2.45. The molecule has 0 aliphatic rings. The summed E-state index contributed by atoms with van der Waals surface area (Å²) >= 11 is 1.53. The minimum atomic E-state index is 0.0835. The van der Waals surface area contributed by atoms with Crippen molar-refractivity contribution in [3.63, 3.8) is 0 Å². The Bertz CT molecular complexity index is 351. The Labute approximate surface area is 107 Å². The number of hydrogen-bond acceptors (Lipinski definition) is 3. The van der Waals surface area contributed by atoms with Crippen LogP contribution in [0.4, 0.5) is 0 Å². The van der Waals surface area contributed by atoms with Crippen molar-refractivity contribution in [1.82, 2.24) is 5.32 Å². The maximum absolute atomic E-state index is 11.6. The van der Waals surface area contributed by atoms with E-state index in [9.17, 15) is 4.79 Å². The van der Waals surface area contributed by atoms with Crippen LogP contribution < -0.4 is 10.1 Å². The molecule has 1 aromatic carbocycles. The molecule has 0 heterocycles. The molecule has 0 unspecified atom stereocenters. The first-order chi connectivity index (χ1) is 8.15. The van der Waals surface area contributed by atoms with Gasteiger partial charge >= 0.3 is 0 Å². The van der Waals surface area contributed by atoms with Gasteiger partial charge in [-0.3, -0.25) is 4.79 Å².